The van der Waals surface area contributed by atoms with Crippen LogP contribution >= 0.6 is 0 Å². The van der Waals surface area contributed by atoms with Crippen LogP contribution in [0.3, 0.4) is 0 Å². The number of carbonyl (C=O) groups is 1. The van der Waals surface area contributed by atoms with Crippen molar-refractivity contribution in [2.24, 2.45) is 5.92 Å². The van der Waals surface area contributed by atoms with Crippen molar-refractivity contribution in [1.82, 2.24) is 25.1 Å². The molecule has 3 N–H and O–H groups in total. The molecule has 0 spiro atoms. The number of amides is 1. The summed E-state index contributed by atoms with van der Waals surface area (Å²) in [6, 6.07) is 16.4. The minimum atomic E-state index is -3.18. The zero-order valence-corrected chi connectivity index (χ0v) is 26.1. The monoisotopic (exact) mass is 636 g/mol. The molecule has 1 aliphatic rings. The molecule has 4 aromatic heterocycles. The molecule has 0 aliphatic heterocycles. The van der Waals surface area contributed by atoms with Crippen LogP contribution in [0.15, 0.2) is 73.2 Å². The van der Waals surface area contributed by atoms with E-state index < -0.39 is 15.7 Å². The molecular formula is C35H33FN6O3S. The second-order valence-corrected chi connectivity index (χ2v) is 14.4. The van der Waals surface area contributed by atoms with Gasteiger partial charge in [-0.25, -0.2) is 17.8 Å². The van der Waals surface area contributed by atoms with Gasteiger partial charge in [-0.1, -0.05) is 37.5 Å². The van der Waals surface area contributed by atoms with E-state index in [4.69, 9.17) is 0 Å². The average molecular weight is 637 g/mol. The van der Waals surface area contributed by atoms with E-state index in [2.05, 4.69) is 30.5 Å². The molecule has 6 aromatic rings. The second-order valence-electron chi connectivity index (χ2n) is 12.2. The molecule has 0 unspecified atom stereocenters. The van der Waals surface area contributed by atoms with Gasteiger partial charge < -0.3 is 10.3 Å². The summed E-state index contributed by atoms with van der Waals surface area (Å²) >= 11 is 0. The summed E-state index contributed by atoms with van der Waals surface area (Å²) in [6.45, 7) is 0. The third-order valence-corrected chi connectivity index (χ3v) is 9.63. The van der Waals surface area contributed by atoms with Gasteiger partial charge in [0.1, 0.15) is 15.7 Å². The van der Waals surface area contributed by atoms with Crippen LogP contribution < -0.4 is 5.32 Å². The molecule has 9 nitrogen and oxygen atoms in total. The molecule has 11 heteroatoms. The molecule has 1 saturated carbocycles. The van der Waals surface area contributed by atoms with E-state index in [1.54, 1.807) is 18.6 Å². The highest BCUT2D eigenvalue weighted by molar-refractivity contribution is 7.90. The van der Waals surface area contributed by atoms with E-state index in [1.165, 1.54) is 24.8 Å². The minimum Gasteiger partial charge on any atom is -0.353 e. The number of hydrogen-bond donors (Lipinski definition) is 3. The Morgan fingerprint density at radius 2 is 1.78 bits per heavy atom. The molecule has 1 fully saturated rings. The molecular weight excluding hydrogens is 603 g/mol. The number of benzene rings is 2. The molecule has 2 aromatic carbocycles. The first-order chi connectivity index (χ1) is 22.2. The number of nitrogens with one attached hydrogen (secondary N) is 3. The van der Waals surface area contributed by atoms with E-state index in [9.17, 15) is 17.6 Å². The maximum atomic E-state index is 14.7. The van der Waals surface area contributed by atoms with Gasteiger partial charge in [-0.2, -0.15) is 5.10 Å². The zero-order valence-electron chi connectivity index (χ0n) is 25.3. The molecule has 7 rings (SSSR count). The van der Waals surface area contributed by atoms with Crippen LogP contribution in [0.2, 0.25) is 0 Å². The van der Waals surface area contributed by atoms with Gasteiger partial charge in [-0.15, -0.1) is 0 Å². The Kier molecular flexibility index (Phi) is 7.85. The maximum absolute atomic E-state index is 14.7. The first-order valence-electron chi connectivity index (χ1n) is 15.4. The number of aromatic amines is 2. The predicted octanol–water partition coefficient (Wildman–Crippen LogP) is 7.08. The van der Waals surface area contributed by atoms with Gasteiger partial charge in [0.2, 0.25) is 5.91 Å². The highest BCUT2D eigenvalue weighted by Crippen LogP contribution is 2.36. The molecule has 4 heterocycles. The maximum Gasteiger partial charge on any atom is 0.227 e. The lowest BCUT2D eigenvalue weighted by atomic mass is 9.88. The average Bonchev–Trinajstić information content (AvgIpc) is 3.68. The molecule has 1 amide bonds. The molecule has 0 saturated heterocycles. The number of hydrogen-bond acceptors (Lipinski definition) is 6. The lowest BCUT2D eigenvalue weighted by Gasteiger charge is -2.20. The molecule has 0 atom stereocenters. The number of nitrogens with zero attached hydrogens (tertiary/aromatic N) is 3. The largest absolute Gasteiger partial charge is 0.353 e. The fourth-order valence-electron chi connectivity index (χ4n) is 6.33. The van der Waals surface area contributed by atoms with Crippen LogP contribution in [0.4, 0.5) is 10.1 Å². The first kappa shape index (κ1) is 29.8. The van der Waals surface area contributed by atoms with E-state index in [1.807, 2.05) is 42.5 Å². The fourth-order valence-corrected chi connectivity index (χ4v) is 6.94. The number of rotatable bonds is 8. The van der Waals surface area contributed by atoms with Crippen molar-refractivity contribution in [3.8, 4) is 33.6 Å². The predicted molar refractivity (Wildman–Crippen MR) is 178 cm³/mol. The fraction of sp³-hybridized carbons (Fsp3) is 0.257. The van der Waals surface area contributed by atoms with E-state index in [0.717, 1.165) is 70.1 Å². The van der Waals surface area contributed by atoms with Gasteiger partial charge in [-0.3, -0.25) is 14.9 Å². The minimum absolute atomic E-state index is 0.0450. The van der Waals surface area contributed by atoms with Crippen molar-refractivity contribution in [1.29, 1.82) is 0 Å². The van der Waals surface area contributed by atoms with Gasteiger partial charge in [0.15, 0.2) is 5.65 Å². The number of pyridine rings is 2. The Balaban J connectivity index is 1.21. The first-order valence-corrected chi connectivity index (χ1v) is 17.5. The second kappa shape index (κ2) is 12.1. The molecule has 0 radical (unpaired) electrons. The van der Waals surface area contributed by atoms with Crippen LogP contribution in [0, 0.1) is 11.7 Å². The Morgan fingerprint density at radius 3 is 2.61 bits per heavy atom. The third-order valence-electron chi connectivity index (χ3n) is 8.69. The number of fused-ring (bicyclic) bond motifs is 2. The van der Waals surface area contributed by atoms with Crippen molar-refractivity contribution in [3.63, 3.8) is 0 Å². The SMILES string of the molecule is CS(=O)(=O)CCc1cc(F)cc(-c2cccc3[nH]c(-c4[nH]nc5ncc(-c6cncc(NC(=O)C7CCCCC7)c6)cc45)cc23)c1. The normalized spacial score (nSPS) is 14.2. The van der Waals surface area contributed by atoms with Crippen LogP contribution in [0.25, 0.3) is 55.6 Å². The number of aryl methyl sites for hydroxylation is 1. The van der Waals surface area contributed by atoms with Gasteiger partial charge in [-0.05, 0) is 72.4 Å². The smallest absolute Gasteiger partial charge is 0.227 e. The third kappa shape index (κ3) is 6.28. The van der Waals surface area contributed by atoms with Crippen molar-refractivity contribution in [2.75, 3.05) is 17.3 Å². The standard InChI is InChI=1S/C35H33FN6O3S/c1-46(44,45)11-10-21-12-23(14-26(36)13-21)28-8-5-9-31-29(28)17-32(40-31)33-30-16-25(19-38-34(30)42-41-33)24-15-27(20-37-18-24)39-35(43)22-6-3-2-4-7-22/h5,8-9,12-20,22,40H,2-4,6-7,10-11H2,1H3,(H,39,43)(H,38,41,42). The van der Waals surface area contributed by atoms with Crippen molar-refractivity contribution >= 4 is 43.4 Å². The Bertz CT molecular complexity index is 2200. The van der Waals surface area contributed by atoms with E-state index >= 15 is 0 Å². The number of halogens is 1. The molecule has 46 heavy (non-hydrogen) atoms. The summed E-state index contributed by atoms with van der Waals surface area (Å²) in [5.74, 6) is -0.374. The molecule has 1 aliphatic carbocycles. The highest BCUT2D eigenvalue weighted by atomic mass is 32.2. The summed E-state index contributed by atoms with van der Waals surface area (Å²) in [7, 11) is -3.18. The number of carbonyl (C=O) groups excluding carboxylic acids is 1. The van der Waals surface area contributed by atoms with Gasteiger partial charge in [0.25, 0.3) is 0 Å². The van der Waals surface area contributed by atoms with Gasteiger partial charge in [0.05, 0.1) is 29.0 Å². The molecule has 234 valence electrons. The zero-order chi connectivity index (χ0) is 31.8. The summed E-state index contributed by atoms with van der Waals surface area (Å²) in [5, 5.41) is 12.3. The van der Waals surface area contributed by atoms with E-state index in [-0.39, 0.29) is 24.0 Å². The summed E-state index contributed by atoms with van der Waals surface area (Å²) in [5.41, 5.74) is 7.34. The Labute approximate surface area is 265 Å². The van der Waals surface area contributed by atoms with Crippen molar-refractivity contribution in [2.45, 2.75) is 38.5 Å². The van der Waals surface area contributed by atoms with Crippen molar-refractivity contribution < 1.29 is 17.6 Å². The lowest BCUT2D eigenvalue weighted by molar-refractivity contribution is -0.120. The van der Waals surface area contributed by atoms with Gasteiger partial charge in [0, 0.05) is 52.0 Å². The Morgan fingerprint density at radius 1 is 0.957 bits per heavy atom. The quantitative estimate of drug-likeness (QED) is 0.164. The number of H-pyrrole nitrogens is 2. The topological polar surface area (TPSA) is 133 Å². The van der Waals surface area contributed by atoms with Crippen molar-refractivity contribution in [3.05, 3.63) is 84.6 Å². The number of anilines is 1. The van der Waals surface area contributed by atoms with Crippen LogP contribution in [-0.4, -0.2) is 51.5 Å². The number of aromatic nitrogens is 5. The summed E-state index contributed by atoms with van der Waals surface area (Å²) < 4.78 is 38.1. The summed E-state index contributed by atoms with van der Waals surface area (Å²) in [4.78, 5) is 25.3. The van der Waals surface area contributed by atoms with Crippen LogP contribution in [-0.2, 0) is 21.1 Å². The van der Waals surface area contributed by atoms with Crippen LogP contribution in [0.5, 0.6) is 0 Å². The number of sulfone groups is 1. The molecule has 0 bridgehead atoms. The van der Waals surface area contributed by atoms with Gasteiger partial charge >= 0.3 is 0 Å². The lowest BCUT2D eigenvalue weighted by Crippen LogP contribution is -2.24. The van der Waals surface area contributed by atoms with E-state index in [0.29, 0.717) is 22.5 Å². The summed E-state index contributed by atoms with van der Waals surface area (Å²) in [6.07, 6.45) is 11.8. The highest BCUT2D eigenvalue weighted by Gasteiger charge is 2.21. The Hall–Kier alpha value is -4.90. The van der Waals surface area contributed by atoms with Crippen LogP contribution in [0.1, 0.15) is 37.7 Å².